The van der Waals surface area contributed by atoms with Crippen LogP contribution < -0.4 is 15.4 Å². The van der Waals surface area contributed by atoms with Crippen molar-refractivity contribution in [2.24, 2.45) is 4.99 Å². The lowest BCUT2D eigenvalue weighted by Gasteiger charge is -2.35. The molecule has 8 heteroatoms. The van der Waals surface area contributed by atoms with Gasteiger partial charge < -0.3 is 20.1 Å². The average molecular weight is 542 g/mol. The monoisotopic (exact) mass is 542 g/mol. The van der Waals surface area contributed by atoms with Crippen LogP contribution in [0.1, 0.15) is 18.5 Å². The molecule has 1 aliphatic heterocycles. The summed E-state index contributed by atoms with van der Waals surface area (Å²) in [5.74, 6) is 0.586. The van der Waals surface area contributed by atoms with E-state index in [1.807, 2.05) is 13.0 Å². The standard InChI is InChI=1S/C23H31FN4O2.HI/c1-18(30-22-11-7-6-10-20(22)24)16-26-23(25-2)27-17-21(19-8-4-3-5-9-19)28-12-14-29-15-13-28;/h3-11,18,21H,12-17H2,1-2H3,(H2,25,26,27);1H. The Balaban J connectivity index is 0.00000341. The second-order valence-electron chi connectivity index (χ2n) is 7.27. The van der Waals surface area contributed by atoms with Crippen molar-refractivity contribution in [2.45, 2.75) is 19.1 Å². The molecule has 2 unspecified atom stereocenters. The van der Waals surface area contributed by atoms with E-state index in [4.69, 9.17) is 9.47 Å². The molecule has 1 aliphatic rings. The predicted octanol–water partition coefficient (Wildman–Crippen LogP) is 3.45. The van der Waals surface area contributed by atoms with Crippen molar-refractivity contribution >= 4 is 29.9 Å². The number of benzene rings is 2. The lowest BCUT2D eigenvalue weighted by atomic mass is 10.0. The number of para-hydroxylation sites is 1. The SMILES string of the molecule is CN=C(NCC(C)Oc1ccccc1F)NCC(c1ccccc1)N1CCOCC1.I. The number of nitrogens with one attached hydrogen (secondary N) is 2. The van der Waals surface area contributed by atoms with Crippen LogP contribution in [0, 0.1) is 5.82 Å². The van der Waals surface area contributed by atoms with Gasteiger partial charge in [0.15, 0.2) is 17.5 Å². The zero-order chi connectivity index (χ0) is 21.2. The molecule has 0 saturated carbocycles. The molecular weight excluding hydrogens is 510 g/mol. The number of hydrogen-bond acceptors (Lipinski definition) is 4. The molecule has 0 amide bonds. The second kappa shape index (κ2) is 13.5. The van der Waals surface area contributed by atoms with Gasteiger partial charge in [-0.3, -0.25) is 9.89 Å². The third-order valence-corrected chi connectivity index (χ3v) is 5.08. The molecule has 0 spiro atoms. The molecule has 6 nitrogen and oxygen atoms in total. The zero-order valence-corrected chi connectivity index (χ0v) is 20.4. The van der Waals surface area contributed by atoms with Gasteiger partial charge in [0.2, 0.25) is 0 Å². The maximum Gasteiger partial charge on any atom is 0.191 e. The second-order valence-corrected chi connectivity index (χ2v) is 7.27. The van der Waals surface area contributed by atoms with Crippen LogP contribution >= 0.6 is 24.0 Å². The Bertz CT molecular complexity index is 803. The first-order valence-corrected chi connectivity index (χ1v) is 10.4. The van der Waals surface area contributed by atoms with E-state index in [1.165, 1.54) is 11.6 Å². The normalized spacial score (nSPS) is 16.7. The van der Waals surface area contributed by atoms with Crippen molar-refractivity contribution in [3.8, 4) is 5.75 Å². The van der Waals surface area contributed by atoms with Crippen molar-refractivity contribution in [3.63, 3.8) is 0 Å². The van der Waals surface area contributed by atoms with E-state index in [0.717, 1.165) is 26.3 Å². The van der Waals surface area contributed by atoms with Gasteiger partial charge in [0, 0.05) is 26.7 Å². The van der Waals surface area contributed by atoms with Crippen LogP contribution in [-0.2, 0) is 4.74 Å². The van der Waals surface area contributed by atoms with Gasteiger partial charge >= 0.3 is 0 Å². The first kappa shape index (κ1) is 25.4. The maximum absolute atomic E-state index is 13.8. The minimum Gasteiger partial charge on any atom is -0.486 e. The quantitative estimate of drug-likeness (QED) is 0.304. The minimum atomic E-state index is -0.358. The van der Waals surface area contributed by atoms with Crippen LogP contribution in [0.15, 0.2) is 59.6 Å². The number of morpholine rings is 1. The summed E-state index contributed by atoms with van der Waals surface area (Å²) in [5.41, 5.74) is 1.26. The summed E-state index contributed by atoms with van der Waals surface area (Å²) < 4.78 is 25.0. The van der Waals surface area contributed by atoms with E-state index in [2.05, 4.69) is 44.8 Å². The number of hydrogen-bond donors (Lipinski definition) is 2. The molecule has 0 bridgehead atoms. The average Bonchev–Trinajstić information content (AvgIpc) is 2.79. The number of guanidine groups is 1. The van der Waals surface area contributed by atoms with E-state index in [-0.39, 0.29) is 47.7 Å². The molecule has 31 heavy (non-hydrogen) atoms. The molecular formula is C23H32FIN4O2. The summed E-state index contributed by atoms with van der Waals surface area (Å²) in [6.07, 6.45) is -0.218. The van der Waals surface area contributed by atoms with Crippen LogP contribution in [0.3, 0.4) is 0 Å². The van der Waals surface area contributed by atoms with Crippen molar-refractivity contribution in [3.05, 3.63) is 66.0 Å². The minimum absolute atomic E-state index is 0. The number of rotatable bonds is 8. The van der Waals surface area contributed by atoms with Gasteiger partial charge in [-0.25, -0.2) is 4.39 Å². The Hall–Kier alpha value is -1.91. The fraction of sp³-hybridized carbons (Fsp3) is 0.435. The molecule has 1 fully saturated rings. The van der Waals surface area contributed by atoms with Crippen molar-refractivity contribution in [1.82, 2.24) is 15.5 Å². The van der Waals surface area contributed by atoms with Gasteiger partial charge in [0.1, 0.15) is 6.10 Å². The Morgan fingerprint density at radius 1 is 1.06 bits per heavy atom. The maximum atomic E-state index is 13.8. The van der Waals surface area contributed by atoms with E-state index in [0.29, 0.717) is 19.0 Å². The zero-order valence-electron chi connectivity index (χ0n) is 18.1. The van der Waals surface area contributed by atoms with Gasteiger partial charge in [-0.05, 0) is 24.6 Å². The predicted molar refractivity (Wildman–Crippen MR) is 133 cm³/mol. The van der Waals surface area contributed by atoms with E-state index in [9.17, 15) is 4.39 Å². The molecule has 3 rings (SSSR count). The summed E-state index contributed by atoms with van der Waals surface area (Å²) in [6, 6.07) is 17.1. The third-order valence-electron chi connectivity index (χ3n) is 5.08. The first-order valence-electron chi connectivity index (χ1n) is 10.4. The van der Waals surface area contributed by atoms with E-state index >= 15 is 0 Å². The van der Waals surface area contributed by atoms with Crippen LogP contribution in [0.2, 0.25) is 0 Å². The Kier molecular flexibility index (Phi) is 11.0. The van der Waals surface area contributed by atoms with Crippen molar-refractivity contribution in [1.29, 1.82) is 0 Å². The van der Waals surface area contributed by atoms with Crippen LogP contribution in [0.5, 0.6) is 5.75 Å². The van der Waals surface area contributed by atoms with Crippen molar-refractivity contribution < 1.29 is 13.9 Å². The van der Waals surface area contributed by atoms with Gasteiger partial charge in [-0.15, -0.1) is 24.0 Å². The van der Waals surface area contributed by atoms with E-state index < -0.39 is 0 Å². The summed E-state index contributed by atoms with van der Waals surface area (Å²) in [5, 5.41) is 6.69. The molecule has 1 heterocycles. The highest BCUT2D eigenvalue weighted by atomic mass is 127. The van der Waals surface area contributed by atoms with Crippen LogP contribution in [0.4, 0.5) is 4.39 Å². The van der Waals surface area contributed by atoms with Gasteiger partial charge in [-0.1, -0.05) is 42.5 Å². The highest BCUT2D eigenvalue weighted by molar-refractivity contribution is 14.0. The fourth-order valence-electron chi connectivity index (χ4n) is 3.48. The van der Waals surface area contributed by atoms with Crippen LogP contribution in [0.25, 0.3) is 0 Å². The topological polar surface area (TPSA) is 58.1 Å². The molecule has 2 aromatic rings. The first-order chi connectivity index (χ1) is 14.7. The molecule has 1 saturated heterocycles. The lowest BCUT2D eigenvalue weighted by Crippen LogP contribution is -2.47. The van der Waals surface area contributed by atoms with Crippen molar-refractivity contribution in [2.75, 3.05) is 46.4 Å². The summed E-state index contributed by atoms with van der Waals surface area (Å²) in [6.45, 7) is 6.42. The van der Waals surface area contributed by atoms with Gasteiger partial charge in [0.25, 0.3) is 0 Å². The molecule has 2 atom stereocenters. The third kappa shape index (κ3) is 7.93. The molecule has 0 aromatic heterocycles. The summed E-state index contributed by atoms with van der Waals surface area (Å²) >= 11 is 0. The molecule has 170 valence electrons. The Morgan fingerprint density at radius 2 is 1.71 bits per heavy atom. The number of halogens is 2. The van der Waals surface area contributed by atoms with E-state index in [1.54, 1.807) is 25.2 Å². The highest BCUT2D eigenvalue weighted by Gasteiger charge is 2.22. The number of nitrogens with zero attached hydrogens (tertiary/aromatic N) is 2. The van der Waals surface area contributed by atoms with Gasteiger partial charge in [0.05, 0.1) is 25.8 Å². The number of ether oxygens (including phenoxy) is 2. The van der Waals surface area contributed by atoms with Gasteiger partial charge in [-0.2, -0.15) is 0 Å². The smallest absolute Gasteiger partial charge is 0.191 e. The fourth-order valence-corrected chi connectivity index (χ4v) is 3.48. The molecule has 2 aromatic carbocycles. The largest absolute Gasteiger partial charge is 0.486 e. The lowest BCUT2D eigenvalue weighted by molar-refractivity contribution is 0.0170. The van der Waals surface area contributed by atoms with Crippen LogP contribution in [-0.4, -0.2) is 63.4 Å². The Morgan fingerprint density at radius 3 is 2.39 bits per heavy atom. The molecule has 2 N–H and O–H groups in total. The summed E-state index contributed by atoms with van der Waals surface area (Å²) in [7, 11) is 1.74. The highest BCUT2D eigenvalue weighted by Crippen LogP contribution is 2.21. The number of aliphatic imine (C=N–C) groups is 1. The molecule has 0 aliphatic carbocycles. The molecule has 0 radical (unpaired) electrons. The summed E-state index contributed by atoms with van der Waals surface area (Å²) in [4.78, 5) is 6.75. The Labute approximate surface area is 201 Å².